The van der Waals surface area contributed by atoms with Gasteiger partial charge in [0.05, 0.1) is 11.8 Å². The third-order valence-electron chi connectivity index (χ3n) is 7.48. The summed E-state index contributed by atoms with van der Waals surface area (Å²) >= 11 is 0. The lowest BCUT2D eigenvalue weighted by atomic mass is 9.61. The average Bonchev–Trinajstić information content (AvgIpc) is 2.87. The van der Waals surface area contributed by atoms with E-state index in [1.54, 1.807) is 0 Å². The van der Waals surface area contributed by atoms with Crippen molar-refractivity contribution in [1.82, 2.24) is 0 Å². The van der Waals surface area contributed by atoms with Crippen molar-refractivity contribution in [3.63, 3.8) is 0 Å². The van der Waals surface area contributed by atoms with E-state index in [2.05, 4.69) is 32.7 Å². The van der Waals surface area contributed by atoms with Crippen molar-refractivity contribution in [2.75, 3.05) is 0 Å². The van der Waals surface area contributed by atoms with Crippen molar-refractivity contribution < 1.29 is 24.4 Å². The second-order valence-corrected chi connectivity index (χ2v) is 9.31. The second kappa shape index (κ2) is 12.6. The molecule has 1 heterocycles. The highest BCUT2D eigenvalue weighted by Gasteiger charge is 2.50. The van der Waals surface area contributed by atoms with Crippen LogP contribution in [0.2, 0.25) is 0 Å². The molecule has 0 aromatic heterocycles. The topological polar surface area (TPSA) is 61.8 Å². The fourth-order valence-electron chi connectivity index (χ4n) is 5.59. The van der Waals surface area contributed by atoms with Gasteiger partial charge in [0.25, 0.3) is 0 Å². The first kappa shape index (κ1) is 24.2. The molecule has 6 atom stereocenters. The van der Waals surface area contributed by atoms with Gasteiger partial charge in [0.2, 0.25) is 0 Å². The molecular formula is C24H42O5. The molecule has 29 heavy (non-hydrogen) atoms. The summed E-state index contributed by atoms with van der Waals surface area (Å²) in [6.45, 7) is 8.99. The smallest absolute Gasteiger partial charge is 0.259 e. The maximum atomic E-state index is 12.8. The zero-order valence-electron chi connectivity index (χ0n) is 19.0. The van der Waals surface area contributed by atoms with Crippen LogP contribution in [0.1, 0.15) is 105 Å². The summed E-state index contributed by atoms with van der Waals surface area (Å²) in [4.78, 5) is 34.7. The lowest BCUT2D eigenvalue weighted by Gasteiger charge is -2.42. The second-order valence-electron chi connectivity index (χ2n) is 9.31. The third kappa shape index (κ3) is 6.70. The lowest BCUT2D eigenvalue weighted by Crippen LogP contribution is -2.43. The van der Waals surface area contributed by atoms with E-state index in [-0.39, 0.29) is 5.92 Å². The van der Waals surface area contributed by atoms with E-state index >= 15 is 0 Å². The van der Waals surface area contributed by atoms with Crippen LogP contribution >= 0.6 is 0 Å². The molecule has 1 saturated heterocycles. The van der Waals surface area contributed by atoms with E-state index in [1.165, 1.54) is 44.9 Å². The Bertz CT molecular complexity index is 505. The van der Waals surface area contributed by atoms with Gasteiger partial charge in [0.1, 0.15) is 0 Å². The van der Waals surface area contributed by atoms with Crippen LogP contribution in [0.15, 0.2) is 0 Å². The molecule has 1 aliphatic heterocycles. The molecule has 5 heteroatoms. The Labute approximate surface area is 177 Å². The van der Waals surface area contributed by atoms with Crippen molar-refractivity contribution in [1.29, 1.82) is 0 Å². The molecule has 0 spiro atoms. The summed E-state index contributed by atoms with van der Waals surface area (Å²) in [6.07, 6.45) is 13.5. The normalized spacial score (nSPS) is 29.4. The first-order chi connectivity index (χ1) is 14.0. The van der Waals surface area contributed by atoms with Crippen LogP contribution in [-0.2, 0) is 24.4 Å². The summed E-state index contributed by atoms with van der Waals surface area (Å²) in [5.41, 5.74) is 0. The van der Waals surface area contributed by atoms with E-state index in [0.29, 0.717) is 24.2 Å². The van der Waals surface area contributed by atoms with Crippen LogP contribution in [0, 0.1) is 35.5 Å². The molecule has 1 aliphatic carbocycles. The summed E-state index contributed by atoms with van der Waals surface area (Å²) in [7, 11) is 0. The highest BCUT2D eigenvalue weighted by Crippen LogP contribution is 2.48. The molecule has 0 radical (unpaired) electrons. The molecule has 1 saturated carbocycles. The SMILES string of the molecule is CCCCC(CC)CC1CCC2C(=O)OOOC(=O)C2C1CC(CC)CCCC. The number of hydrogen-bond acceptors (Lipinski definition) is 5. The summed E-state index contributed by atoms with van der Waals surface area (Å²) in [5.74, 6) is 0.213. The minimum atomic E-state index is -0.441. The van der Waals surface area contributed by atoms with E-state index in [4.69, 9.17) is 9.78 Å². The number of fused-ring (bicyclic) bond motifs is 1. The molecule has 2 aliphatic rings. The standard InChI is InChI=1S/C24H42O5/c1-5-9-11-17(7-3)15-19-13-14-20-22(24(26)28-29-27-23(20)25)21(19)16-18(8-4)12-10-6-2/h17-22H,5-16H2,1-4H3. The van der Waals surface area contributed by atoms with Gasteiger partial charge in [0.15, 0.2) is 0 Å². The molecule has 0 aromatic rings. The van der Waals surface area contributed by atoms with Crippen molar-refractivity contribution in [2.24, 2.45) is 35.5 Å². The molecule has 168 valence electrons. The Kier molecular flexibility index (Phi) is 10.5. The van der Waals surface area contributed by atoms with E-state index in [9.17, 15) is 9.59 Å². The monoisotopic (exact) mass is 410 g/mol. The summed E-state index contributed by atoms with van der Waals surface area (Å²) in [5, 5.41) is 4.45. The summed E-state index contributed by atoms with van der Waals surface area (Å²) < 4.78 is 0. The van der Waals surface area contributed by atoms with Gasteiger partial charge in [-0.05, 0) is 49.4 Å². The Morgan fingerprint density at radius 2 is 1.41 bits per heavy atom. The number of carbonyl (C=O) groups is 2. The van der Waals surface area contributed by atoms with Gasteiger partial charge in [-0.1, -0.05) is 79.1 Å². The highest BCUT2D eigenvalue weighted by atomic mass is 17.5. The minimum absolute atomic E-state index is 0.174. The van der Waals surface area contributed by atoms with Gasteiger partial charge in [-0.15, -0.1) is 0 Å². The first-order valence-corrected chi connectivity index (χ1v) is 12.1. The van der Waals surface area contributed by atoms with Crippen LogP contribution in [0.3, 0.4) is 0 Å². The van der Waals surface area contributed by atoms with E-state index in [0.717, 1.165) is 25.7 Å². The van der Waals surface area contributed by atoms with Gasteiger partial charge in [-0.25, -0.2) is 9.59 Å². The van der Waals surface area contributed by atoms with Gasteiger partial charge in [-0.2, -0.15) is 0 Å². The molecule has 2 fully saturated rings. The number of carbonyl (C=O) groups excluding carboxylic acids is 2. The molecule has 0 amide bonds. The Hall–Kier alpha value is -1.10. The highest BCUT2D eigenvalue weighted by molar-refractivity contribution is 5.83. The van der Waals surface area contributed by atoms with Gasteiger partial charge in [0, 0.05) is 5.04 Å². The molecular weight excluding hydrogens is 368 g/mol. The maximum Gasteiger partial charge on any atom is 0.350 e. The van der Waals surface area contributed by atoms with Gasteiger partial charge < -0.3 is 0 Å². The third-order valence-corrected chi connectivity index (χ3v) is 7.48. The Balaban J connectivity index is 2.23. The van der Waals surface area contributed by atoms with Gasteiger partial charge in [-0.3, -0.25) is 9.78 Å². The zero-order chi connectivity index (χ0) is 21.2. The Morgan fingerprint density at radius 1 is 0.828 bits per heavy atom. The largest absolute Gasteiger partial charge is 0.350 e. The van der Waals surface area contributed by atoms with Crippen molar-refractivity contribution >= 4 is 11.9 Å². The minimum Gasteiger partial charge on any atom is -0.259 e. The van der Waals surface area contributed by atoms with Crippen LogP contribution < -0.4 is 0 Å². The predicted octanol–water partition coefficient (Wildman–Crippen LogP) is 6.40. The fourth-order valence-corrected chi connectivity index (χ4v) is 5.59. The Morgan fingerprint density at radius 3 is 2.00 bits per heavy atom. The zero-order valence-corrected chi connectivity index (χ0v) is 19.0. The summed E-state index contributed by atoms with van der Waals surface area (Å²) in [6, 6.07) is 0. The molecule has 2 rings (SSSR count). The quantitative estimate of drug-likeness (QED) is 0.348. The van der Waals surface area contributed by atoms with Crippen molar-refractivity contribution in [3.8, 4) is 0 Å². The van der Waals surface area contributed by atoms with E-state index < -0.39 is 23.8 Å². The predicted molar refractivity (Wildman–Crippen MR) is 112 cm³/mol. The lowest BCUT2D eigenvalue weighted by molar-refractivity contribution is -0.456. The fraction of sp³-hybridized carbons (Fsp3) is 0.917. The number of rotatable bonds is 12. The van der Waals surface area contributed by atoms with Crippen LogP contribution in [0.4, 0.5) is 0 Å². The van der Waals surface area contributed by atoms with Gasteiger partial charge >= 0.3 is 11.9 Å². The van der Waals surface area contributed by atoms with Crippen LogP contribution in [0.25, 0.3) is 0 Å². The number of hydrogen-bond donors (Lipinski definition) is 0. The molecule has 0 bridgehead atoms. The van der Waals surface area contributed by atoms with E-state index in [1.807, 2.05) is 0 Å². The van der Waals surface area contributed by atoms with Crippen molar-refractivity contribution in [2.45, 2.75) is 105 Å². The molecule has 5 nitrogen and oxygen atoms in total. The average molecular weight is 411 g/mol. The first-order valence-electron chi connectivity index (χ1n) is 12.1. The maximum absolute atomic E-state index is 12.8. The molecule has 0 aromatic carbocycles. The van der Waals surface area contributed by atoms with Crippen LogP contribution in [0.5, 0.6) is 0 Å². The van der Waals surface area contributed by atoms with Crippen LogP contribution in [-0.4, -0.2) is 11.9 Å². The molecule has 0 N–H and O–H groups in total. The molecule has 6 unspecified atom stereocenters. The number of unbranched alkanes of at least 4 members (excludes halogenated alkanes) is 2. The van der Waals surface area contributed by atoms with Crippen molar-refractivity contribution in [3.05, 3.63) is 0 Å².